The molecule has 0 spiro atoms. The Morgan fingerprint density at radius 1 is 0.886 bits per heavy atom. The van der Waals surface area contributed by atoms with Crippen molar-refractivity contribution in [1.29, 1.82) is 0 Å². The highest BCUT2D eigenvalue weighted by Gasteiger charge is 2.33. The maximum absolute atomic E-state index is 13.7. The van der Waals surface area contributed by atoms with Gasteiger partial charge in [-0.25, -0.2) is 0 Å². The van der Waals surface area contributed by atoms with Crippen LogP contribution in [0.15, 0.2) is 42.5 Å². The van der Waals surface area contributed by atoms with Crippen LogP contribution in [0.3, 0.4) is 0 Å². The van der Waals surface area contributed by atoms with Crippen molar-refractivity contribution in [2.75, 3.05) is 6.61 Å². The maximum Gasteiger partial charge on any atom is 0.247 e. The summed E-state index contributed by atoms with van der Waals surface area (Å²) in [6.45, 7) is 10.2. The van der Waals surface area contributed by atoms with E-state index in [0.717, 1.165) is 37.7 Å². The summed E-state index contributed by atoms with van der Waals surface area (Å²) < 4.78 is 0. The average molecular weight is 617 g/mol. The molecule has 0 bridgehead atoms. The first-order valence-electron chi connectivity index (χ1n) is 15.9. The fraction of sp³-hybridized carbons (Fsp3) is 0.647. The van der Waals surface area contributed by atoms with Crippen molar-refractivity contribution in [3.05, 3.63) is 48.0 Å². The van der Waals surface area contributed by atoms with E-state index < -0.39 is 59.4 Å². The van der Waals surface area contributed by atoms with E-state index >= 15 is 0 Å². The Hall–Kier alpha value is -3.24. The van der Waals surface area contributed by atoms with E-state index in [0.29, 0.717) is 12.8 Å². The smallest absolute Gasteiger partial charge is 0.247 e. The van der Waals surface area contributed by atoms with Crippen LogP contribution >= 0.6 is 0 Å². The molecule has 0 aliphatic heterocycles. The van der Waals surface area contributed by atoms with Crippen molar-refractivity contribution in [3.8, 4) is 0 Å². The molecular formula is C34H56N4O6. The summed E-state index contributed by atoms with van der Waals surface area (Å²) in [4.78, 5) is 52.2. The number of hydrogen-bond donors (Lipinski definition) is 6. The third-order valence-electron chi connectivity index (χ3n) is 7.55. The molecule has 4 atom stereocenters. The van der Waals surface area contributed by atoms with Crippen LogP contribution in [0.5, 0.6) is 0 Å². The number of nitrogens with two attached hydrogens (primary N) is 1. The van der Waals surface area contributed by atoms with Gasteiger partial charge in [-0.1, -0.05) is 102 Å². The lowest BCUT2D eigenvalue weighted by molar-refractivity contribution is -0.136. The highest BCUT2D eigenvalue weighted by atomic mass is 16.3. The summed E-state index contributed by atoms with van der Waals surface area (Å²) in [5.41, 5.74) is 3.91. The van der Waals surface area contributed by atoms with Gasteiger partial charge in [0.15, 0.2) is 0 Å². The van der Waals surface area contributed by atoms with Gasteiger partial charge in [-0.05, 0) is 45.1 Å². The Balaban J connectivity index is 3.24. The van der Waals surface area contributed by atoms with Gasteiger partial charge in [-0.3, -0.25) is 19.2 Å². The predicted molar refractivity (Wildman–Crippen MR) is 173 cm³/mol. The first-order valence-corrected chi connectivity index (χ1v) is 15.9. The molecule has 0 saturated heterocycles. The first-order chi connectivity index (χ1) is 20.6. The summed E-state index contributed by atoms with van der Waals surface area (Å²) in [6, 6.07) is 5.81. The number of unbranched alkanes of at least 4 members (excludes halogenated alkanes) is 5. The normalized spacial score (nSPS) is 15.3. The van der Waals surface area contributed by atoms with E-state index in [9.17, 15) is 29.4 Å². The quantitative estimate of drug-likeness (QED) is 0.0914. The Morgan fingerprint density at radius 3 is 2.05 bits per heavy atom. The lowest BCUT2D eigenvalue weighted by Gasteiger charge is -2.27. The van der Waals surface area contributed by atoms with E-state index in [2.05, 4.69) is 22.9 Å². The van der Waals surface area contributed by atoms with Crippen LogP contribution in [-0.4, -0.2) is 64.2 Å². The van der Waals surface area contributed by atoms with Gasteiger partial charge in [-0.15, -0.1) is 0 Å². The lowest BCUT2D eigenvalue weighted by atomic mass is 9.92. The Morgan fingerprint density at radius 2 is 1.48 bits per heavy atom. The summed E-state index contributed by atoms with van der Waals surface area (Å²) in [6.07, 6.45) is 10.2. The second-order valence-corrected chi connectivity index (χ2v) is 13.1. The summed E-state index contributed by atoms with van der Waals surface area (Å²) in [7, 11) is 0. The number of primary amides is 1. The molecule has 0 fully saturated rings. The molecule has 44 heavy (non-hydrogen) atoms. The molecule has 0 aliphatic rings. The number of carbonyl (C=O) groups excluding carboxylic acids is 4. The Kier molecular flexibility index (Phi) is 16.9. The van der Waals surface area contributed by atoms with Gasteiger partial charge in [0.25, 0.3) is 0 Å². The molecule has 0 aromatic heterocycles. The minimum Gasteiger partial charge on any atom is -0.395 e. The molecular weight excluding hydrogens is 560 g/mol. The molecule has 4 amide bonds. The van der Waals surface area contributed by atoms with Gasteiger partial charge in [0, 0.05) is 6.42 Å². The summed E-state index contributed by atoms with van der Waals surface area (Å²) in [5.74, 6) is -2.45. The molecule has 1 rings (SSSR count). The molecule has 248 valence electrons. The number of rotatable bonds is 21. The molecule has 3 unspecified atom stereocenters. The third kappa shape index (κ3) is 15.0. The van der Waals surface area contributed by atoms with Crippen LogP contribution in [0.2, 0.25) is 0 Å². The SMILES string of the molecule is CCCCCCCCC(C)(O)/C=C/C(NC(=O)C(C)(C)CO)C(=O)N[C@@H](Cc1ccccc1)C(=O)NC(CC(C)C)C(N)=O. The molecule has 7 N–H and O–H groups in total. The molecule has 0 aliphatic carbocycles. The van der Waals surface area contributed by atoms with Crippen LogP contribution < -0.4 is 21.7 Å². The average Bonchev–Trinajstić information content (AvgIpc) is 2.96. The van der Waals surface area contributed by atoms with Gasteiger partial charge in [0.05, 0.1) is 17.6 Å². The van der Waals surface area contributed by atoms with Crippen LogP contribution in [0.4, 0.5) is 0 Å². The highest BCUT2D eigenvalue weighted by molar-refractivity contribution is 5.95. The van der Waals surface area contributed by atoms with E-state index in [-0.39, 0.29) is 12.3 Å². The molecule has 0 heterocycles. The first kappa shape index (κ1) is 38.8. The summed E-state index contributed by atoms with van der Waals surface area (Å²) >= 11 is 0. The van der Waals surface area contributed by atoms with Crippen LogP contribution in [0.25, 0.3) is 0 Å². The molecule has 1 aromatic rings. The van der Waals surface area contributed by atoms with Gasteiger partial charge < -0.3 is 31.9 Å². The molecule has 0 radical (unpaired) electrons. The number of aliphatic hydroxyl groups is 2. The Labute approximate surface area is 263 Å². The molecule has 10 heteroatoms. The topological polar surface area (TPSA) is 171 Å². The minimum atomic E-state index is -1.25. The van der Waals surface area contributed by atoms with Crippen molar-refractivity contribution >= 4 is 23.6 Å². The Bertz CT molecular complexity index is 1070. The fourth-order valence-corrected chi connectivity index (χ4v) is 4.57. The zero-order valence-electron chi connectivity index (χ0n) is 27.5. The van der Waals surface area contributed by atoms with Gasteiger partial charge in [0.2, 0.25) is 23.6 Å². The van der Waals surface area contributed by atoms with E-state index in [1.165, 1.54) is 18.6 Å². The predicted octanol–water partition coefficient (Wildman–Crippen LogP) is 3.29. The van der Waals surface area contributed by atoms with Crippen LogP contribution in [0.1, 0.15) is 98.5 Å². The van der Waals surface area contributed by atoms with E-state index in [1.54, 1.807) is 20.8 Å². The summed E-state index contributed by atoms with van der Waals surface area (Å²) in [5, 5.41) is 28.8. The van der Waals surface area contributed by atoms with Crippen molar-refractivity contribution in [2.24, 2.45) is 17.1 Å². The zero-order valence-corrected chi connectivity index (χ0v) is 27.5. The van der Waals surface area contributed by atoms with Gasteiger partial charge in [0.1, 0.15) is 18.1 Å². The number of nitrogens with one attached hydrogen (secondary N) is 3. The van der Waals surface area contributed by atoms with Crippen molar-refractivity contribution in [2.45, 2.75) is 123 Å². The molecule has 10 nitrogen and oxygen atoms in total. The second-order valence-electron chi connectivity index (χ2n) is 13.1. The number of benzene rings is 1. The van der Waals surface area contributed by atoms with Gasteiger partial charge >= 0.3 is 0 Å². The number of carbonyl (C=O) groups is 4. The standard InChI is InChI=1S/C34H56N4O6/c1-7-8-9-10-11-15-19-34(6,44)20-18-26(38-32(43)33(4,5)23-39)30(41)37-28(22-25-16-13-12-14-17-25)31(42)36-27(29(35)40)21-24(2)3/h12-14,16-18,20,24,26-28,39,44H,7-11,15,19,21-23H2,1-6H3,(H2,35,40)(H,36,42)(H,37,41)(H,38,43)/b20-18+/t26?,27?,28-,34?/m0/s1. The van der Waals surface area contributed by atoms with E-state index in [1.807, 2.05) is 44.2 Å². The zero-order chi connectivity index (χ0) is 33.3. The monoisotopic (exact) mass is 616 g/mol. The third-order valence-corrected chi connectivity index (χ3v) is 7.55. The number of aliphatic hydroxyl groups excluding tert-OH is 1. The second kappa shape index (κ2) is 19.2. The van der Waals surface area contributed by atoms with E-state index in [4.69, 9.17) is 5.73 Å². The number of hydrogen-bond acceptors (Lipinski definition) is 6. The largest absolute Gasteiger partial charge is 0.395 e. The minimum absolute atomic E-state index is 0.0821. The fourth-order valence-electron chi connectivity index (χ4n) is 4.57. The molecule has 1 aromatic carbocycles. The maximum atomic E-state index is 13.7. The highest BCUT2D eigenvalue weighted by Crippen LogP contribution is 2.19. The van der Waals surface area contributed by atoms with Gasteiger partial charge in [-0.2, -0.15) is 0 Å². The van der Waals surface area contributed by atoms with Crippen LogP contribution in [0, 0.1) is 11.3 Å². The van der Waals surface area contributed by atoms with Crippen molar-refractivity contribution < 1.29 is 29.4 Å². The van der Waals surface area contributed by atoms with Crippen LogP contribution in [-0.2, 0) is 25.6 Å². The lowest BCUT2D eigenvalue weighted by Crippen LogP contribution is -2.57. The number of amides is 4. The van der Waals surface area contributed by atoms with Crippen molar-refractivity contribution in [3.63, 3.8) is 0 Å². The van der Waals surface area contributed by atoms with Crippen molar-refractivity contribution in [1.82, 2.24) is 16.0 Å². The molecule has 0 saturated carbocycles.